The molecular weight excluding hydrogens is 306 g/mol. The van der Waals surface area contributed by atoms with Crippen molar-refractivity contribution in [2.75, 3.05) is 18.3 Å². The number of hydrogen-bond donors (Lipinski definition) is 1. The fourth-order valence-electron chi connectivity index (χ4n) is 3.31. The number of oxazole rings is 1. The highest BCUT2D eigenvalue weighted by molar-refractivity contribution is 5.72. The van der Waals surface area contributed by atoms with Crippen LogP contribution in [0.25, 0.3) is 11.1 Å². The van der Waals surface area contributed by atoms with Crippen molar-refractivity contribution in [1.82, 2.24) is 9.88 Å². The quantitative estimate of drug-likeness (QED) is 0.740. The zero-order valence-corrected chi connectivity index (χ0v) is 13.1. The monoisotopic (exact) mass is 324 g/mol. The lowest BCUT2D eigenvalue weighted by Gasteiger charge is -2.26. The first-order valence-electron chi connectivity index (χ1n) is 8.02. The molecule has 1 saturated heterocycles. The van der Waals surface area contributed by atoms with Gasteiger partial charge in [0, 0.05) is 19.0 Å². The molecule has 6 nitrogen and oxygen atoms in total. The molecule has 1 N–H and O–H groups in total. The van der Waals surface area contributed by atoms with Crippen LogP contribution in [0, 0.1) is 5.21 Å². The van der Waals surface area contributed by atoms with Crippen LogP contribution in [0.3, 0.4) is 0 Å². The summed E-state index contributed by atoms with van der Waals surface area (Å²) in [6, 6.07) is 14.9. The van der Waals surface area contributed by atoms with Gasteiger partial charge in [0.2, 0.25) is 0 Å². The molecular formula is C18H18N3O3-. The second kappa shape index (κ2) is 6.24. The standard InChI is InChI=1S/C18H18N3O3/c22-21(23)16-7-3-1-5-13(16)11-20-10-9-14(12-20)18-19-15-6-2-4-8-17(15)24-18/h1-8,14,22H,9-12H2/q-1. The van der Waals surface area contributed by atoms with Gasteiger partial charge in [-0.05, 0) is 36.7 Å². The molecule has 0 saturated carbocycles. The van der Waals surface area contributed by atoms with Crippen molar-refractivity contribution in [3.8, 4) is 0 Å². The molecule has 0 amide bonds. The number of likely N-dealkylation sites (tertiary alicyclic amines) is 1. The molecule has 3 aromatic rings. The third kappa shape index (κ3) is 2.87. The zero-order chi connectivity index (χ0) is 16.5. The minimum atomic E-state index is -0.0658. The summed E-state index contributed by atoms with van der Waals surface area (Å²) in [5.74, 6) is 1.03. The maximum Gasteiger partial charge on any atom is 0.199 e. The number of aromatic nitrogens is 1. The first-order valence-corrected chi connectivity index (χ1v) is 8.02. The number of anilines is 1. The number of hydrogen-bond acceptors (Lipinski definition) is 6. The fraction of sp³-hybridized carbons (Fsp3) is 0.278. The van der Waals surface area contributed by atoms with Crippen molar-refractivity contribution in [1.29, 1.82) is 0 Å². The molecule has 6 heteroatoms. The molecule has 1 unspecified atom stereocenters. The Balaban J connectivity index is 1.49. The van der Waals surface area contributed by atoms with Gasteiger partial charge in [-0.1, -0.05) is 30.3 Å². The van der Waals surface area contributed by atoms with Gasteiger partial charge in [-0.15, -0.1) is 0 Å². The molecule has 1 aromatic heterocycles. The minimum Gasteiger partial charge on any atom is -0.733 e. The van der Waals surface area contributed by atoms with E-state index in [1.54, 1.807) is 12.1 Å². The molecule has 1 aliphatic rings. The van der Waals surface area contributed by atoms with Gasteiger partial charge in [0.25, 0.3) is 0 Å². The average molecular weight is 324 g/mol. The molecule has 1 atom stereocenters. The maximum absolute atomic E-state index is 11.3. The van der Waals surface area contributed by atoms with Crippen LogP contribution in [0.5, 0.6) is 0 Å². The molecule has 0 bridgehead atoms. The van der Waals surface area contributed by atoms with E-state index in [4.69, 9.17) is 4.42 Å². The Kier molecular flexibility index (Phi) is 3.93. The van der Waals surface area contributed by atoms with E-state index in [0.29, 0.717) is 12.2 Å². The molecule has 0 aliphatic carbocycles. The predicted octanol–water partition coefficient (Wildman–Crippen LogP) is 3.51. The summed E-state index contributed by atoms with van der Waals surface area (Å²) in [5, 5.41) is 20.4. The molecule has 124 valence electrons. The van der Waals surface area contributed by atoms with Crippen LogP contribution in [0.2, 0.25) is 0 Å². The predicted molar refractivity (Wildman–Crippen MR) is 90.7 cm³/mol. The van der Waals surface area contributed by atoms with E-state index in [0.717, 1.165) is 42.1 Å². The minimum absolute atomic E-state index is 0.0658. The summed E-state index contributed by atoms with van der Waals surface area (Å²) in [4.78, 5) is 6.84. The Bertz CT molecular complexity index is 813. The number of nitrogens with zero attached hydrogens (tertiary/aromatic N) is 3. The summed E-state index contributed by atoms with van der Waals surface area (Å²) < 4.78 is 5.88. The zero-order valence-electron chi connectivity index (χ0n) is 13.1. The fourth-order valence-corrected chi connectivity index (χ4v) is 3.31. The van der Waals surface area contributed by atoms with Crippen molar-refractivity contribution in [3.63, 3.8) is 0 Å². The topological polar surface area (TPSA) is 75.8 Å². The van der Waals surface area contributed by atoms with Gasteiger partial charge in [0.1, 0.15) is 5.52 Å². The normalized spacial score (nSPS) is 18.3. The summed E-state index contributed by atoms with van der Waals surface area (Å²) in [5.41, 5.74) is 2.81. The lowest BCUT2D eigenvalue weighted by molar-refractivity contribution is 0.289. The molecule has 24 heavy (non-hydrogen) atoms. The Hall–Kier alpha value is -2.41. The van der Waals surface area contributed by atoms with Crippen molar-refractivity contribution in [3.05, 3.63) is 65.2 Å². The Labute approximate surface area is 139 Å². The Morgan fingerprint density at radius 3 is 2.83 bits per heavy atom. The average Bonchev–Trinajstić information content (AvgIpc) is 3.21. The van der Waals surface area contributed by atoms with Crippen LogP contribution in [0.1, 0.15) is 23.8 Å². The van der Waals surface area contributed by atoms with Gasteiger partial charge in [0.05, 0.1) is 5.69 Å². The van der Waals surface area contributed by atoms with Crippen LogP contribution < -0.4 is 5.23 Å². The summed E-state index contributed by atoms with van der Waals surface area (Å²) in [6.07, 6.45) is 0.967. The Morgan fingerprint density at radius 1 is 1.21 bits per heavy atom. The van der Waals surface area contributed by atoms with Gasteiger partial charge in [-0.3, -0.25) is 10.1 Å². The number of fused-ring (bicyclic) bond motifs is 1. The highest BCUT2D eigenvalue weighted by atomic mass is 16.8. The van der Waals surface area contributed by atoms with Crippen LogP contribution in [0.15, 0.2) is 52.9 Å². The van der Waals surface area contributed by atoms with Gasteiger partial charge in [-0.2, -0.15) is 0 Å². The van der Waals surface area contributed by atoms with E-state index >= 15 is 0 Å². The molecule has 0 radical (unpaired) electrons. The van der Waals surface area contributed by atoms with Crippen molar-refractivity contribution < 1.29 is 9.62 Å². The highest BCUT2D eigenvalue weighted by Crippen LogP contribution is 2.31. The van der Waals surface area contributed by atoms with E-state index in [1.165, 1.54) is 0 Å². The van der Waals surface area contributed by atoms with E-state index in [2.05, 4.69) is 9.88 Å². The van der Waals surface area contributed by atoms with Gasteiger partial charge in [-0.25, -0.2) is 4.98 Å². The van der Waals surface area contributed by atoms with E-state index in [1.807, 2.05) is 36.4 Å². The lowest BCUT2D eigenvalue weighted by atomic mass is 10.1. The second-order valence-corrected chi connectivity index (χ2v) is 6.14. The molecule has 4 rings (SSSR count). The molecule has 2 heterocycles. The molecule has 1 fully saturated rings. The SMILES string of the molecule is [O-]N(O)c1ccccc1CN1CCC(c2nc3ccccc3o2)C1. The first kappa shape index (κ1) is 15.1. The highest BCUT2D eigenvalue weighted by Gasteiger charge is 2.28. The maximum atomic E-state index is 11.3. The third-order valence-corrected chi connectivity index (χ3v) is 4.52. The second-order valence-electron chi connectivity index (χ2n) is 6.14. The van der Waals surface area contributed by atoms with Gasteiger partial charge < -0.3 is 14.9 Å². The van der Waals surface area contributed by atoms with Crippen molar-refractivity contribution in [2.24, 2.45) is 0 Å². The third-order valence-electron chi connectivity index (χ3n) is 4.52. The smallest absolute Gasteiger partial charge is 0.199 e. The van der Waals surface area contributed by atoms with Crippen LogP contribution >= 0.6 is 0 Å². The van der Waals surface area contributed by atoms with E-state index in [9.17, 15) is 10.4 Å². The molecule has 2 aromatic carbocycles. The largest absolute Gasteiger partial charge is 0.733 e. The van der Waals surface area contributed by atoms with Crippen LogP contribution in [0.4, 0.5) is 5.69 Å². The van der Waals surface area contributed by atoms with Gasteiger partial charge >= 0.3 is 0 Å². The summed E-state index contributed by atoms with van der Waals surface area (Å²) in [7, 11) is 0. The van der Waals surface area contributed by atoms with Gasteiger partial charge in [0.15, 0.2) is 11.5 Å². The first-order chi connectivity index (χ1) is 11.7. The summed E-state index contributed by atoms with van der Waals surface area (Å²) in [6.45, 7) is 2.35. The number of benzene rings is 2. The number of para-hydroxylation sites is 3. The summed E-state index contributed by atoms with van der Waals surface area (Å²) >= 11 is 0. The van der Waals surface area contributed by atoms with Crippen molar-refractivity contribution >= 4 is 16.8 Å². The molecule has 1 aliphatic heterocycles. The van der Waals surface area contributed by atoms with Crippen LogP contribution in [-0.2, 0) is 6.54 Å². The lowest BCUT2D eigenvalue weighted by Crippen LogP contribution is -2.21. The van der Waals surface area contributed by atoms with E-state index < -0.39 is 0 Å². The van der Waals surface area contributed by atoms with E-state index in [-0.39, 0.29) is 11.1 Å². The Morgan fingerprint density at radius 2 is 2.00 bits per heavy atom. The number of rotatable bonds is 4. The van der Waals surface area contributed by atoms with Crippen LogP contribution in [-0.4, -0.2) is 28.2 Å². The molecule has 0 spiro atoms. The van der Waals surface area contributed by atoms with Crippen molar-refractivity contribution in [2.45, 2.75) is 18.9 Å².